The molecule has 0 unspecified atom stereocenters. The van der Waals surface area contributed by atoms with Crippen molar-refractivity contribution in [3.63, 3.8) is 0 Å². The summed E-state index contributed by atoms with van der Waals surface area (Å²) in [5, 5.41) is 3.46. The van der Waals surface area contributed by atoms with Crippen LogP contribution in [-0.2, 0) is 9.84 Å². The molecule has 0 heterocycles. The van der Waals surface area contributed by atoms with Crippen LogP contribution >= 0.6 is 0 Å². The SMILES string of the molecule is CN(CCNC1CC1)c1ccc(S(C)(=O)=O)cc1. The average molecular weight is 268 g/mol. The Morgan fingerprint density at radius 3 is 2.39 bits per heavy atom. The van der Waals surface area contributed by atoms with Gasteiger partial charge in [-0.15, -0.1) is 0 Å². The third-order valence-corrected chi connectivity index (χ3v) is 4.29. The smallest absolute Gasteiger partial charge is 0.175 e. The van der Waals surface area contributed by atoms with E-state index in [9.17, 15) is 8.42 Å². The Bertz CT molecular complexity index is 492. The summed E-state index contributed by atoms with van der Waals surface area (Å²) in [4.78, 5) is 2.50. The van der Waals surface area contributed by atoms with Crippen LogP contribution in [0.5, 0.6) is 0 Å². The molecule has 1 fully saturated rings. The predicted molar refractivity (Wildman–Crippen MR) is 73.8 cm³/mol. The molecule has 1 aliphatic carbocycles. The molecule has 100 valence electrons. The lowest BCUT2D eigenvalue weighted by Gasteiger charge is -2.19. The number of nitrogens with zero attached hydrogens (tertiary/aromatic N) is 1. The van der Waals surface area contributed by atoms with Crippen molar-refractivity contribution in [3.8, 4) is 0 Å². The molecule has 4 nitrogen and oxygen atoms in total. The first-order valence-corrected chi connectivity index (χ1v) is 8.10. The third-order valence-electron chi connectivity index (χ3n) is 3.16. The van der Waals surface area contributed by atoms with Crippen molar-refractivity contribution in [3.05, 3.63) is 24.3 Å². The topological polar surface area (TPSA) is 49.4 Å². The van der Waals surface area contributed by atoms with Crippen LogP contribution < -0.4 is 10.2 Å². The molecule has 1 aliphatic rings. The fourth-order valence-electron chi connectivity index (χ4n) is 1.80. The number of hydrogen-bond donors (Lipinski definition) is 1. The lowest BCUT2D eigenvalue weighted by atomic mass is 10.3. The molecule has 0 amide bonds. The molecule has 0 aliphatic heterocycles. The summed E-state index contributed by atoms with van der Waals surface area (Å²) < 4.78 is 22.7. The molecule has 0 aromatic heterocycles. The summed E-state index contributed by atoms with van der Waals surface area (Å²) in [5.74, 6) is 0. The van der Waals surface area contributed by atoms with Crippen molar-refractivity contribution in [1.82, 2.24) is 5.32 Å². The van der Waals surface area contributed by atoms with Crippen molar-refractivity contribution in [2.45, 2.75) is 23.8 Å². The van der Waals surface area contributed by atoms with Gasteiger partial charge in [-0.3, -0.25) is 0 Å². The minimum absolute atomic E-state index is 0.371. The van der Waals surface area contributed by atoms with E-state index in [1.807, 2.05) is 19.2 Å². The highest BCUT2D eigenvalue weighted by atomic mass is 32.2. The van der Waals surface area contributed by atoms with Crippen LogP contribution in [0.25, 0.3) is 0 Å². The summed E-state index contributed by atoms with van der Waals surface area (Å²) in [6, 6.07) is 7.76. The van der Waals surface area contributed by atoms with Gasteiger partial charge in [0.05, 0.1) is 4.90 Å². The zero-order valence-corrected chi connectivity index (χ0v) is 11.7. The number of nitrogens with one attached hydrogen (secondary N) is 1. The molecule has 18 heavy (non-hydrogen) atoms. The number of anilines is 1. The first-order chi connectivity index (χ1) is 8.47. The van der Waals surface area contributed by atoms with Crippen molar-refractivity contribution < 1.29 is 8.42 Å². The number of rotatable bonds is 6. The van der Waals surface area contributed by atoms with Gasteiger partial charge < -0.3 is 10.2 Å². The van der Waals surface area contributed by atoms with E-state index in [2.05, 4.69) is 10.2 Å². The lowest BCUT2D eigenvalue weighted by Crippen LogP contribution is -2.30. The maximum Gasteiger partial charge on any atom is 0.175 e. The Labute approximate surface area is 109 Å². The molecular formula is C13H20N2O2S. The quantitative estimate of drug-likeness (QED) is 0.844. The van der Waals surface area contributed by atoms with Crippen molar-refractivity contribution in [1.29, 1.82) is 0 Å². The Morgan fingerprint density at radius 2 is 1.89 bits per heavy atom. The maximum atomic E-state index is 11.3. The fourth-order valence-corrected chi connectivity index (χ4v) is 2.43. The van der Waals surface area contributed by atoms with Crippen LogP contribution in [0.2, 0.25) is 0 Å². The van der Waals surface area contributed by atoms with Gasteiger partial charge in [-0.1, -0.05) is 0 Å². The van der Waals surface area contributed by atoms with E-state index in [1.165, 1.54) is 19.1 Å². The molecular weight excluding hydrogens is 248 g/mol. The van der Waals surface area contributed by atoms with Crippen LogP contribution in [0, 0.1) is 0 Å². The van der Waals surface area contributed by atoms with Gasteiger partial charge in [-0.05, 0) is 37.1 Å². The number of hydrogen-bond acceptors (Lipinski definition) is 4. The molecule has 0 atom stereocenters. The third kappa shape index (κ3) is 3.71. The van der Waals surface area contributed by atoms with E-state index in [0.717, 1.165) is 24.8 Å². The molecule has 0 radical (unpaired) electrons. The highest BCUT2D eigenvalue weighted by molar-refractivity contribution is 7.90. The molecule has 1 aromatic carbocycles. The minimum atomic E-state index is -3.10. The van der Waals surface area contributed by atoms with Gasteiger partial charge in [0.1, 0.15) is 0 Å². The predicted octanol–water partition coefficient (Wildman–Crippen LogP) is 1.28. The average Bonchev–Trinajstić information content (AvgIpc) is 3.12. The van der Waals surface area contributed by atoms with Crippen LogP contribution in [0.1, 0.15) is 12.8 Å². The molecule has 0 bridgehead atoms. The minimum Gasteiger partial charge on any atom is -0.373 e. The molecule has 1 aromatic rings. The van der Waals surface area contributed by atoms with Crippen molar-refractivity contribution in [2.75, 3.05) is 31.3 Å². The van der Waals surface area contributed by atoms with Gasteiger partial charge in [-0.2, -0.15) is 0 Å². The summed E-state index contributed by atoms with van der Waals surface area (Å²) in [5.41, 5.74) is 1.04. The number of benzene rings is 1. The van der Waals surface area contributed by atoms with Gasteiger partial charge in [0.15, 0.2) is 9.84 Å². The van der Waals surface area contributed by atoms with E-state index < -0.39 is 9.84 Å². The summed E-state index contributed by atoms with van der Waals surface area (Å²) in [6.07, 6.45) is 3.82. The Balaban J connectivity index is 1.91. The highest BCUT2D eigenvalue weighted by Crippen LogP contribution is 2.19. The molecule has 1 N–H and O–H groups in total. The van der Waals surface area contributed by atoms with Crippen molar-refractivity contribution in [2.24, 2.45) is 0 Å². The summed E-state index contributed by atoms with van der Waals surface area (Å²) in [6.45, 7) is 1.89. The number of likely N-dealkylation sites (N-methyl/N-ethyl adjacent to an activating group) is 1. The standard InChI is InChI=1S/C13H20N2O2S/c1-15(10-9-14-11-3-4-11)12-5-7-13(8-6-12)18(2,16)17/h5-8,11,14H,3-4,9-10H2,1-2H3. The van der Waals surface area contributed by atoms with Crippen LogP contribution in [0.4, 0.5) is 5.69 Å². The van der Waals surface area contributed by atoms with Gasteiger partial charge in [0, 0.05) is 38.1 Å². The van der Waals surface area contributed by atoms with E-state index in [1.54, 1.807) is 12.1 Å². The van der Waals surface area contributed by atoms with E-state index in [-0.39, 0.29) is 0 Å². The zero-order chi connectivity index (χ0) is 13.2. The van der Waals surface area contributed by atoms with E-state index in [0.29, 0.717) is 4.90 Å². The van der Waals surface area contributed by atoms with E-state index >= 15 is 0 Å². The second-order valence-electron chi connectivity index (χ2n) is 4.92. The second-order valence-corrected chi connectivity index (χ2v) is 6.93. The Hall–Kier alpha value is -1.07. The molecule has 0 spiro atoms. The normalized spacial score (nSPS) is 15.7. The first-order valence-electron chi connectivity index (χ1n) is 6.21. The van der Waals surface area contributed by atoms with Crippen molar-refractivity contribution >= 4 is 15.5 Å². The van der Waals surface area contributed by atoms with Crippen LogP contribution in [0.15, 0.2) is 29.2 Å². The second kappa shape index (κ2) is 5.28. The monoisotopic (exact) mass is 268 g/mol. The molecule has 0 saturated heterocycles. The van der Waals surface area contributed by atoms with Crippen LogP contribution in [-0.4, -0.2) is 40.9 Å². The summed E-state index contributed by atoms with van der Waals surface area (Å²) in [7, 11) is -1.08. The Morgan fingerprint density at radius 1 is 1.28 bits per heavy atom. The van der Waals surface area contributed by atoms with E-state index in [4.69, 9.17) is 0 Å². The molecule has 5 heteroatoms. The highest BCUT2D eigenvalue weighted by Gasteiger charge is 2.19. The lowest BCUT2D eigenvalue weighted by molar-refractivity contribution is 0.602. The Kier molecular flexibility index (Phi) is 3.92. The van der Waals surface area contributed by atoms with Gasteiger partial charge in [-0.25, -0.2) is 8.42 Å². The van der Waals surface area contributed by atoms with Gasteiger partial charge in [0.2, 0.25) is 0 Å². The first kappa shape index (κ1) is 13.4. The van der Waals surface area contributed by atoms with Gasteiger partial charge >= 0.3 is 0 Å². The molecule has 2 rings (SSSR count). The molecule has 1 saturated carbocycles. The zero-order valence-electron chi connectivity index (χ0n) is 10.9. The van der Waals surface area contributed by atoms with Crippen LogP contribution in [0.3, 0.4) is 0 Å². The summed E-state index contributed by atoms with van der Waals surface area (Å²) >= 11 is 0. The largest absolute Gasteiger partial charge is 0.373 e. The number of sulfone groups is 1. The van der Waals surface area contributed by atoms with Gasteiger partial charge in [0.25, 0.3) is 0 Å². The fraction of sp³-hybridized carbons (Fsp3) is 0.538. The maximum absolute atomic E-state index is 11.3.